The number of hydrogen-bond donors (Lipinski definition) is 1. The summed E-state index contributed by atoms with van der Waals surface area (Å²) in [7, 11) is 0. The SMILES string of the molecule is CC(=O)c1ccc(SCC(=O)Nc2ccc(C)cc2Br)c(F)c1. The van der Waals surface area contributed by atoms with Crippen LogP contribution in [0.25, 0.3) is 0 Å². The molecule has 3 nitrogen and oxygen atoms in total. The van der Waals surface area contributed by atoms with Crippen molar-refractivity contribution in [2.75, 3.05) is 11.1 Å². The summed E-state index contributed by atoms with van der Waals surface area (Å²) >= 11 is 4.48. The van der Waals surface area contributed by atoms with E-state index in [0.717, 1.165) is 21.8 Å². The van der Waals surface area contributed by atoms with E-state index in [2.05, 4.69) is 21.2 Å². The van der Waals surface area contributed by atoms with Crippen molar-refractivity contribution in [2.24, 2.45) is 0 Å². The first-order valence-corrected chi connectivity index (χ1v) is 8.64. The molecular formula is C17H15BrFNO2S. The van der Waals surface area contributed by atoms with Gasteiger partial charge in [0.15, 0.2) is 5.78 Å². The van der Waals surface area contributed by atoms with Crippen molar-refractivity contribution < 1.29 is 14.0 Å². The molecule has 0 aliphatic carbocycles. The molecule has 0 heterocycles. The first-order chi connectivity index (χ1) is 10.9. The molecule has 2 aromatic carbocycles. The molecule has 0 saturated heterocycles. The average molecular weight is 396 g/mol. The molecule has 1 amide bonds. The normalized spacial score (nSPS) is 10.4. The molecule has 0 radical (unpaired) electrons. The Bertz CT molecular complexity index is 764. The van der Waals surface area contributed by atoms with E-state index in [9.17, 15) is 14.0 Å². The highest BCUT2D eigenvalue weighted by Gasteiger charge is 2.10. The van der Waals surface area contributed by atoms with Gasteiger partial charge >= 0.3 is 0 Å². The van der Waals surface area contributed by atoms with Crippen molar-refractivity contribution in [1.29, 1.82) is 0 Å². The number of carbonyl (C=O) groups is 2. The van der Waals surface area contributed by atoms with Gasteiger partial charge in [0.1, 0.15) is 5.82 Å². The first-order valence-electron chi connectivity index (χ1n) is 6.86. The molecular weight excluding hydrogens is 381 g/mol. The number of ketones is 1. The van der Waals surface area contributed by atoms with Crippen LogP contribution in [-0.2, 0) is 4.79 Å². The number of Topliss-reactive ketones (excluding diaryl/α,β-unsaturated/α-hetero) is 1. The molecule has 0 aliphatic heterocycles. The maximum atomic E-state index is 13.9. The van der Waals surface area contributed by atoms with Gasteiger partial charge in [0, 0.05) is 14.9 Å². The lowest BCUT2D eigenvalue weighted by Crippen LogP contribution is -2.14. The number of carbonyl (C=O) groups excluding carboxylic acids is 2. The van der Waals surface area contributed by atoms with E-state index in [4.69, 9.17) is 0 Å². The maximum Gasteiger partial charge on any atom is 0.234 e. The monoisotopic (exact) mass is 395 g/mol. The molecule has 0 saturated carbocycles. The molecule has 0 spiro atoms. The number of hydrogen-bond acceptors (Lipinski definition) is 3. The second-order valence-corrected chi connectivity index (χ2v) is 6.89. The molecule has 0 fully saturated rings. The van der Waals surface area contributed by atoms with E-state index in [1.54, 1.807) is 6.07 Å². The van der Waals surface area contributed by atoms with Crippen LogP contribution in [0.3, 0.4) is 0 Å². The smallest absolute Gasteiger partial charge is 0.234 e. The van der Waals surface area contributed by atoms with Gasteiger partial charge in [-0.3, -0.25) is 9.59 Å². The third-order valence-electron chi connectivity index (χ3n) is 3.10. The quantitative estimate of drug-likeness (QED) is 0.582. The van der Waals surface area contributed by atoms with Crippen molar-refractivity contribution in [1.82, 2.24) is 0 Å². The van der Waals surface area contributed by atoms with Gasteiger partial charge in [-0.25, -0.2) is 4.39 Å². The number of nitrogens with one attached hydrogen (secondary N) is 1. The summed E-state index contributed by atoms with van der Waals surface area (Å²) in [6, 6.07) is 9.88. The van der Waals surface area contributed by atoms with E-state index in [1.807, 2.05) is 25.1 Å². The number of rotatable bonds is 5. The van der Waals surface area contributed by atoms with Crippen LogP contribution in [0.2, 0.25) is 0 Å². The number of amides is 1. The lowest BCUT2D eigenvalue weighted by atomic mass is 10.1. The number of aryl methyl sites for hydroxylation is 1. The van der Waals surface area contributed by atoms with Crippen molar-refractivity contribution in [3.8, 4) is 0 Å². The molecule has 0 atom stereocenters. The van der Waals surface area contributed by atoms with E-state index in [1.165, 1.54) is 19.1 Å². The Morgan fingerprint density at radius 3 is 2.57 bits per heavy atom. The van der Waals surface area contributed by atoms with Gasteiger partial charge < -0.3 is 5.32 Å². The Kier molecular flexibility index (Phi) is 5.96. The van der Waals surface area contributed by atoms with Gasteiger partial charge in [0.05, 0.1) is 11.4 Å². The van der Waals surface area contributed by atoms with E-state index >= 15 is 0 Å². The van der Waals surface area contributed by atoms with Crippen LogP contribution < -0.4 is 5.32 Å². The summed E-state index contributed by atoms with van der Waals surface area (Å²) in [6.07, 6.45) is 0. The molecule has 2 rings (SSSR count). The Labute approximate surface area is 146 Å². The van der Waals surface area contributed by atoms with E-state index < -0.39 is 5.82 Å². The first kappa shape index (κ1) is 17.7. The summed E-state index contributed by atoms with van der Waals surface area (Å²) in [5.74, 6) is -0.833. The number of thioether (sulfide) groups is 1. The van der Waals surface area contributed by atoms with Gasteiger partial charge in [-0.2, -0.15) is 0 Å². The minimum absolute atomic E-state index is 0.0800. The zero-order valence-electron chi connectivity index (χ0n) is 12.7. The van der Waals surface area contributed by atoms with Crippen LogP contribution in [0.15, 0.2) is 45.8 Å². The van der Waals surface area contributed by atoms with Crippen molar-refractivity contribution in [3.05, 3.63) is 57.8 Å². The van der Waals surface area contributed by atoms with Gasteiger partial charge in [-0.15, -0.1) is 11.8 Å². The zero-order valence-corrected chi connectivity index (χ0v) is 15.1. The highest BCUT2D eigenvalue weighted by molar-refractivity contribution is 9.10. The zero-order chi connectivity index (χ0) is 17.0. The van der Waals surface area contributed by atoms with Crippen LogP contribution in [-0.4, -0.2) is 17.4 Å². The average Bonchev–Trinajstić information content (AvgIpc) is 2.48. The number of benzene rings is 2. The summed E-state index contributed by atoms with van der Waals surface area (Å²) in [5, 5.41) is 2.77. The Hall–Kier alpha value is -1.66. The highest BCUT2D eigenvalue weighted by Crippen LogP contribution is 2.25. The second kappa shape index (κ2) is 7.75. The molecule has 0 unspecified atom stereocenters. The van der Waals surface area contributed by atoms with Gasteiger partial charge in [0.25, 0.3) is 0 Å². The second-order valence-electron chi connectivity index (χ2n) is 5.02. The summed E-state index contributed by atoms with van der Waals surface area (Å²) in [5.41, 5.74) is 2.07. The molecule has 6 heteroatoms. The topological polar surface area (TPSA) is 46.2 Å². The summed E-state index contributed by atoms with van der Waals surface area (Å²) in [6.45, 7) is 3.34. The van der Waals surface area contributed by atoms with E-state index in [-0.39, 0.29) is 17.4 Å². The van der Waals surface area contributed by atoms with Gasteiger partial charge in [-0.05, 0) is 59.6 Å². The predicted molar refractivity (Wildman–Crippen MR) is 94.6 cm³/mol. The molecule has 120 valence electrons. The Morgan fingerprint density at radius 1 is 1.22 bits per heavy atom. The van der Waals surface area contributed by atoms with Crippen LogP contribution in [0.1, 0.15) is 22.8 Å². The third kappa shape index (κ3) is 4.91. The predicted octanol–water partition coefficient (Wildman–Crippen LogP) is 4.83. The lowest BCUT2D eigenvalue weighted by Gasteiger charge is -2.08. The van der Waals surface area contributed by atoms with Crippen LogP contribution in [0.4, 0.5) is 10.1 Å². The van der Waals surface area contributed by atoms with Gasteiger partial charge in [0.2, 0.25) is 5.91 Å². The van der Waals surface area contributed by atoms with Crippen LogP contribution in [0, 0.1) is 12.7 Å². The summed E-state index contributed by atoms with van der Waals surface area (Å²) < 4.78 is 14.7. The van der Waals surface area contributed by atoms with E-state index in [0.29, 0.717) is 16.1 Å². The Balaban J connectivity index is 1.98. The molecule has 1 N–H and O–H groups in total. The molecule has 2 aromatic rings. The minimum Gasteiger partial charge on any atom is -0.324 e. The largest absolute Gasteiger partial charge is 0.324 e. The molecule has 0 aromatic heterocycles. The number of anilines is 1. The van der Waals surface area contributed by atoms with Crippen molar-refractivity contribution in [2.45, 2.75) is 18.7 Å². The fourth-order valence-electron chi connectivity index (χ4n) is 1.89. The standard InChI is InChI=1S/C17H15BrFNO2S/c1-10-3-5-15(13(18)7-10)20-17(22)9-23-16-6-4-12(11(2)21)8-14(16)19/h3-8H,9H2,1-2H3,(H,20,22). The van der Waals surface area contributed by atoms with Crippen molar-refractivity contribution >= 4 is 45.1 Å². The minimum atomic E-state index is -0.494. The fourth-order valence-corrected chi connectivity index (χ4v) is 3.20. The van der Waals surface area contributed by atoms with Crippen LogP contribution in [0.5, 0.6) is 0 Å². The molecule has 23 heavy (non-hydrogen) atoms. The summed E-state index contributed by atoms with van der Waals surface area (Å²) in [4.78, 5) is 23.5. The molecule has 0 bridgehead atoms. The lowest BCUT2D eigenvalue weighted by molar-refractivity contribution is -0.113. The Morgan fingerprint density at radius 2 is 1.96 bits per heavy atom. The number of halogens is 2. The van der Waals surface area contributed by atoms with Gasteiger partial charge in [-0.1, -0.05) is 12.1 Å². The van der Waals surface area contributed by atoms with Crippen LogP contribution >= 0.6 is 27.7 Å². The fraction of sp³-hybridized carbons (Fsp3) is 0.176. The maximum absolute atomic E-state index is 13.9. The third-order valence-corrected chi connectivity index (χ3v) is 4.80. The highest BCUT2D eigenvalue weighted by atomic mass is 79.9. The molecule has 0 aliphatic rings. The van der Waals surface area contributed by atoms with Crippen molar-refractivity contribution in [3.63, 3.8) is 0 Å².